The third kappa shape index (κ3) is 8.99. The lowest BCUT2D eigenvalue weighted by atomic mass is 10.3. The number of carbonyl (C=O) groups excluding carboxylic acids is 1. The number of likely N-dealkylation sites (N-methyl/N-ethyl adjacent to an activating group) is 1. The molecule has 1 N–H and O–H groups in total. The fourth-order valence-electron chi connectivity index (χ4n) is 0.477. The molecule has 0 saturated carbocycles. The molecule has 0 spiro atoms. The van der Waals surface area contributed by atoms with Crippen molar-refractivity contribution in [3.05, 3.63) is 0 Å². The van der Waals surface area contributed by atoms with Gasteiger partial charge in [0.05, 0.1) is 39.5 Å². The Labute approximate surface area is 89.5 Å². The van der Waals surface area contributed by atoms with E-state index in [-0.39, 0.29) is 0 Å². The van der Waals surface area contributed by atoms with Crippen molar-refractivity contribution in [3.8, 4) is 0 Å². The van der Waals surface area contributed by atoms with Crippen molar-refractivity contribution in [1.29, 1.82) is 0 Å². The van der Waals surface area contributed by atoms with E-state index in [1.54, 1.807) is 0 Å². The molecule has 0 aromatic rings. The molecule has 0 saturated heterocycles. The lowest BCUT2D eigenvalue weighted by Crippen LogP contribution is -2.38. The van der Waals surface area contributed by atoms with Crippen LogP contribution in [-0.2, 0) is 14.3 Å². The summed E-state index contributed by atoms with van der Waals surface area (Å²) in [7, 11) is 4.26. The summed E-state index contributed by atoms with van der Waals surface area (Å²) in [6.07, 6.45) is -0.982. The van der Waals surface area contributed by atoms with Crippen molar-refractivity contribution in [3.63, 3.8) is 0 Å². The molecular weight excluding hydrogens is 186 g/mol. The van der Waals surface area contributed by atoms with Gasteiger partial charge < -0.3 is 14.3 Å². The zero-order valence-electron chi connectivity index (χ0n) is 12.5. The van der Waals surface area contributed by atoms with Crippen LogP contribution in [0.4, 0.5) is 0 Å². The second kappa shape index (κ2) is 5.59. The fraction of sp³-hybridized carbons (Fsp3) is 0.778. The van der Waals surface area contributed by atoms with Gasteiger partial charge in [0.1, 0.15) is 13.1 Å². The lowest BCUT2D eigenvalue weighted by Gasteiger charge is -2.23. The summed E-state index contributed by atoms with van der Waals surface area (Å²) >= 11 is 0. The Morgan fingerprint density at radius 2 is 1.93 bits per heavy atom. The number of aliphatic carboxylic acids is 1. The maximum absolute atomic E-state index is 11.2. The van der Waals surface area contributed by atoms with Crippen LogP contribution in [0.3, 0.4) is 0 Å². The highest BCUT2D eigenvalue weighted by Gasteiger charge is 2.10. The summed E-state index contributed by atoms with van der Waals surface area (Å²) in [4.78, 5) is 21.5. The van der Waals surface area contributed by atoms with Gasteiger partial charge in [-0.2, -0.15) is 0 Å². The molecule has 0 heterocycles. The number of hydrogen-bond donors (Lipinski definition) is 1. The Bertz CT molecular complexity index is 338. The molecule has 0 aromatic carbocycles. The molecule has 0 unspecified atom stereocenters. The lowest BCUT2D eigenvalue weighted by molar-refractivity contribution is -0.870. The first kappa shape index (κ1) is 7.23. The summed E-state index contributed by atoms with van der Waals surface area (Å²) in [5, 5.41) is 8.37. The van der Waals surface area contributed by atoms with Gasteiger partial charge in [-0.3, -0.25) is 9.59 Å². The third-order valence-corrected chi connectivity index (χ3v) is 1.09. The molecule has 0 radical (unpaired) electrons. The highest BCUT2D eigenvalue weighted by molar-refractivity contribution is 5.76. The van der Waals surface area contributed by atoms with Gasteiger partial charge in [-0.05, 0) is 0 Å². The van der Waals surface area contributed by atoms with Crippen molar-refractivity contribution in [2.45, 2.75) is 12.8 Å². The normalized spacial score (nSPS) is 17.4. The maximum Gasteiger partial charge on any atom is 0.306 e. The van der Waals surface area contributed by atoms with Crippen LogP contribution in [0.25, 0.3) is 0 Å². The Balaban J connectivity index is 4.75. The van der Waals surface area contributed by atoms with E-state index >= 15 is 0 Å². The number of carbonyl (C=O) groups is 2. The number of carboxylic acids is 1. The zero-order valence-corrected chi connectivity index (χ0v) is 8.53. The first-order valence-corrected chi connectivity index (χ1v) is 4.06. The molecule has 14 heavy (non-hydrogen) atoms. The topological polar surface area (TPSA) is 63.6 Å². The minimum atomic E-state index is -2.85. The number of hydrogen-bond acceptors (Lipinski definition) is 3. The first-order chi connectivity index (χ1) is 7.81. The Hall–Kier alpha value is -1.10. The standard InChI is InChI=1S/C9H17NO4/c1-10(2,3)6-7-14-9(13)5-4-8(11)12/h4-7H2,1-3H3/p+1/i6D2,7D2. The second-order valence-corrected chi connectivity index (χ2v) is 3.59. The fourth-order valence-corrected chi connectivity index (χ4v) is 0.477. The quantitative estimate of drug-likeness (QED) is 0.497. The highest BCUT2D eigenvalue weighted by Crippen LogP contribution is 1.95. The van der Waals surface area contributed by atoms with Crippen LogP contribution in [0.1, 0.15) is 18.3 Å². The number of quaternary nitrogens is 1. The van der Waals surface area contributed by atoms with E-state index < -0.39 is 42.3 Å². The molecule has 0 atom stereocenters. The van der Waals surface area contributed by atoms with Crippen LogP contribution in [-0.4, -0.2) is 55.7 Å². The second-order valence-electron chi connectivity index (χ2n) is 3.59. The average Bonchev–Trinajstić information content (AvgIpc) is 2.11. The van der Waals surface area contributed by atoms with E-state index in [9.17, 15) is 9.59 Å². The highest BCUT2D eigenvalue weighted by atomic mass is 16.5. The van der Waals surface area contributed by atoms with Crippen LogP contribution in [0.2, 0.25) is 0 Å². The van der Waals surface area contributed by atoms with Gasteiger partial charge in [0.2, 0.25) is 0 Å². The molecule has 0 amide bonds. The molecule has 0 aromatic heterocycles. The van der Waals surface area contributed by atoms with Crippen molar-refractivity contribution in [2.75, 3.05) is 34.2 Å². The largest absolute Gasteiger partial charge is 0.481 e. The van der Waals surface area contributed by atoms with Gasteiger partial charge in [-0.1, -0.05) is 0 Å². The molecule has 0 aliphatic rings. The Kier molecular flexibility index (Phi) is 2.89. The average molecular weight is 208 g/mol. The van der Waals surface area contributed by atoms with Crippen LogP contribution >= 0.6 is 0 Å². The van der Waals surface area contributed by atoms with Gasteiger partial charge in [-0.25, -0.2) is 0 Å². The van der Waals surface area contributed by atoms with Crippen LogP contribution in [0.5, 0.6) is 0 Å². The molecule has 0 aliphatic heterocycles. The van der Waals surface area contributed by atoms with Crippen LogP contribution in [0.15, 0.2) is 0 Å². The van der Waals surface area contributed by atoms with Crippen molar-refractivity contribution < 1.29 is 29.4 Å². The Morgan fingerprint density at radius 1 is 1.36 bits per heavy atom. The summed E-state index contributed by atoms with van der Waals surface area (Å²) in [5.41, 5.74) is 0. The van der Waals surface area contributed by atoms with E-state index in [1.165, 1.54) is 21.1 Å². The molecule has 5 heteroatoms. The number of ether oxygens (including phenoxy) is 1. The summed E-state index contributed by atoms with van der Waals surface area (Å²) in [5.74, 6) is -2.29. The third-order valence-electron chi connectivity index (χ3n) is 1.09. The van der Waals surface area contributed by atoms with Crippen molar-refractivity contribution in [2.24, 2.45) is 0 Å². The van der Waals surface area contributed by atoms with Crippen LogP contribution in [0, 0.1) is 0 Å². The van der Waals surface area contributed by atoms with E-state index in [0.717, 1.165) is 0 Å². The molecule has 0 aliphatic carbocycles. The van der Waals surface area contributed by atoms with Gasteiger partial charge >= 0.3 is 11.9 Å². The summed E-state index contributed by atoms with van der Waals surface area (Å²) in [6, 6.07) is 0. The van der Waals surface area contributed by atoms with E-state index in [4.69, 9.17) is 10.6 Å². The number of esters is 1. The molecule has 0 rings (SSSR count). The van der Waals surface area contributed by atoms with E-state index in [2.05, 4.69) is 4.74 Å². The van der Waals surface area contributed by atoms with Gasteiger partial charge in [0, 0.05) is 0 Å². The predicted octanol–water partition coefficient (Wildman–Crippen LogP) is 0.101. The smallest absolute Gasteiger partial charge is 0.306 e. The Morgan fingerprint density at radius 3 is 2.36 bits per heavy atom. The number of rotatable bonds is 6. The van der Waals surface area contributed by atoms with Gasteiger partial charge in [0.25, 0.3) is 0 Å². The minimum absolute atomic E-state index is 0.411. The summed E-state index contributed by atoms with van der Waals surface area (Å²) in [6.45, 7) is -5.31. The molecular formula is C9H18NO4+. The molecule has 0 bridgehead atoms. The minimum Gasteiger partial charge on any atom is -0.481 e. The van der Waals surface area contributed by atoms with Crippen LogP contribution < -0.4 is 0 Å². The monoisotopic (exact) mass is 208 g/mol. The summed E-state index contributed by atoms with van der Waals surface area (Å²) < 4.78 is 34.3. The SMILES string of the molecule is [2H]C([2H])(OC(=O)CCC(=O)O)C([2H])([2H])[N+](C)(C)C. The zero-order chi connectivity index (χ0) is 14.8. The first-order valence-electron chi connectivity index (χ1n) is 6.06. The molecule has 0 fully saturated rings. The molecule has 82 valence electrons. The predicted molar refractivity (Wildman–Crippen MR) is 50.7 cm³/mol. The molecule has 5 nitrogen and oxygen atoms in total. The van der Waals surface area contributed by atoms with E-state index in [1.807, 2.05) is 0 Å². The van der Waals surface area contributed by atoms with Gasteiger partial charge in [0.15, 0.2) is 0 Å². The number of carboxylic acid groups (broad SMARTS) is 1. The number of nitrogens with zero attached hydrogens (tertiary/aromatic N) is 1. The maximum atomic E-state index is 11.2. The van der Waals surface area contributed by atoms with E-state index in [0.29, 0.717) is 0 Å². The van der Waals surface area contributed by atoms with Gasteiger partial charge in [-0.15, -0.1) is 0 Å². The van der Waals surface area contributed by atoms with Crippen molar-refractivity contribution >= 4 is 11.9 Å². The van der Waals surface area contributed by atoms with Crippen molar-refractivity contribution in [1.82, 2.24) is 0 Å².